The lowest BCUT2D eigenvalue weighted by molar-refractivity contribution is 0.297. The largest absolute Gasteiger partial charge is 0.490 e. The van der Waals surface area contributed by atoms with E-state index in [2.05, 4.69) is 22.1 Å². The lowest BCUT2D eigenvalue weighted by Crippen LogP contribution is -2.01. The molecule has 0 atom stereocenters. The Hall–Kier alpha value is -2.25. The first-order valence-corrected chi connectivity index (χ1v) is 8.10. The van der Waals surface area contributed by atoms with Gasteiger partial charge in [-0.1, -0.05) is 24.3 Å². The van der Waals surface area contributed by atoms with Crippen LogP contribution in [0.2, 0.25) is 5.02 Å². The molecule has 0 spiro atoms. The highest BCUT2D eigenvalue weighted by molar-refractivity contribution is 7.14. The van der Waals surface area contributed by atoms with Gasteiger partial charge in [0, 0.05) is 5.38 Å². The van der Waals surface area contributed by atoms with Crippen LogP contribution in [0, 0.1) is 0 Å². The number of nitrogens with two attached hydrogens (primary N) is 1. The van der Waals surface area contributed by atoms with Crippen LogP contribution >= 0.6 is 22.9 Å². The van der Waals surface area contributed by atoms with Crippen molar-refractivity contribution in [2.75, 3.05) is 24.4 Å². The number of nitrogens with one attached hydrogen (secondary N) is 1. The van der Waals surface area contributed by atoms with Crippen LogP contribution in [-0.4, -0.2) is 24.4 Å². The molecule has 0 aliphatic heterocycles. The van der Waals surface area contributed by atoms with Crippen molar-refractivity contribution >= 4 is 40.1 Å². The molecule has 0 aliphatic rings. The minimum atomic E-state index is 0.347. The normalized spacial score (nSPS) is 10.7. The molecule has 1 heterocycles. The predicted molar refractivity (Wildman–Crippen MR) is 96.1 cm³/mol. The molecule has 3 N–H and O–H groups in total. The van der Waals surface area contributed by atoms with Crippen molar-refractivity contribution in [3.8, 4) is 11.5 Å². The van der Waals surface area contributed by atoms with E-state index in [9.17, 15) is 0 Å². The fourth-order valence-electron chi connectivity index (χ4n) is 1.71. The van der Waals surface area contributed by atoms with Crippen LogP contribution in [0.15, 0.2) is 35.3 Å². The van der Waals surface area contributed by atoms with Crippen molar-refractivity contribution in [3.05, 3.63) is 40.8 Å². The van der Waals surface area contributed by atoms with Gasteiger partial charge in [-0.2, -0.15) is 5.10 Å². The van der Waals surface area contributed by atoms with Gasteiger partial charge < -0.3 is 15.2 Å². The summed E-state index contributed by atoms with van der Waals surface area (Å²) in [7, 11) is 0. The third-order valence-corrected chi connectivity index (χ3v) is 3.62. The van der Waals surface area contributed by atoms with Gasteiger partial charge in [0.25, 0.3) is 0 Å². The Morgan fingerprint density at radius 2 is 2.30 bits per heavy atom. The maximum absolute atomic E-state index is 6.26. The molecule has 23 heavy (non-hydrogen) atoms. The zero-order valence-electron chi connectivity index (χ0n) is 12.6. The lowest BCUT2D eigenvalue weighted by atomic mass is 10.2. The zero-order chi connectivity index (χ0) is 16.7. The highest BCUT2D eigenvalue weighted by atomic mass is 35.5. The Morgan fingerprint density at radius 3 is 2.96 bits per heavy atom. The summed E-state index contributed by atoms with van der Waals surface area (Å²) in [4.78, 5) is 4.05. The monoisotopic (exact) mass is 352 g/mol. The van der Waals surface area contributed by atoms with E-state index in [0.29, 0.717) is 40.7 Å². The third-order valence-electron chi connectivity index (χ3n) is 2.57. The van der Waals surface area contributed by atoms with Gasteiger partial charge in [0.15, 0.2) is 11.5 Å². The molecule has 1 aromatic carbocycles. The van der Waals surface area contributed by atoms with E-state index >= 15 is 0 Å². The minimum absolute atomic E-state index is 0.347. The summed E-state index contributed by atoms with van der Waals surface area (Å²) >= 11 is 7.63. The molecule has 0 fully saturated rings. The van der Waals surface area contributed by atoms with Gasteiger partial charge in [0.05, 0.1) is 17.8 Å². The Balaban J connectivity index is 2.16. The van der Waals surface area contributed by atoms with Crippen LogP contribution in [0.5, 0.6) is 11.5 Å². The second-order valence-corrected chi connectivity index (χ2v) is 5.58. The first-order valence-electron chi connectivity index (χ1n) is 6.84. The topological polar surface area (TPSA) is 81.8 Å². The molecule has 6 nitrogen and oxygen atoms in total. The summed E-state index contributed by atoms with van der Waals surface area (Å²) < 4.78 is 11.1. The summed E-state index contributed by atoms with van der Waals surface area (Å²) in [6.45, 7) is 6.35. The summed E-state index contributed by atoms with van der Waals surface area (Å²) in [5.41, 5.74) is 9.11. The smallest absolute Gasteiger partial charge is 0.205 e. The van der Waals surface area contributed by atoms with Crippen molar-refractivity contribution in [2.45, 2.75) is 6.92 Å². The molecule has 8 heteroatoms. The van der Waals surface area contributed by atoms with Crippen LogP contribution < -0.4 is 20.6 Å². The molecule has 0 saturated carbocycles. The number of hydrazone groups is 1. The average molecular weight is 353 g/mol. The Bertz CT molecular complexity index is 703. The number of halogens is 1. The van der Waals surface area contributed by atoms with Crippen molar-refractivity contribution in [3.63, 3.8) is 0 Å². The van der Waals surface area contributed by atoms with E-state index in [1.807, 2.05) is 6.92 Å². The van der Waals surface area contributed by atoms with E-state index in [-0.39, 0.29) is 0 Å². The van der Waals surface area contributed by atoms with Crippen molar-refractivity contribution < 1.29 is 9.47 Å². The predicted octanol–water partition coefficient (Wildman–Crippen LogP) is 3.79. The van der Waals surface area contributed by atoms with Gasteiger partial charge in [-0.3, -0.25) is 5.43 Å². The molecular weight excluding hydrogens is 336 g/mol. The molecule has 2 aromatic rings. The van der Waals surface area contributed by atoms with Gasteiger partial charge in [-0.05, 0) is 24.6 Å². The number of hydrogen-bond acceptors (Lipinski definition) is 7. The van der Waals surface area contributed by atoms with Crippen LogP contribution in [0.25, 0.3) is 0 Å². The summed E-state index contributed by atoms with van der Waals surface area (Å²) in [6.07, 6.45) is 3.26. The van der Waals surface area contributed by atoms with Gasteiger partial charge in [0.2, 0.25) is 5.13 Å². The van der Waals surface area contributed by atoms with Crippen LogP contribution in [0.1, 0.15) is 12.5 Å². The Kier molecular flexibility index (Phi) is 6.25. The average Bonchev–Trinajstić information content (AvgIpc) is 2.92. The number of benzene rings is 1. The number of thiazole rings is 1. The minimum Gasteiger partial charge on any atom is -0.490 e. The van der Waals surface area contributed by atoms with Crippen molar-refractivity contribution in [2.24, 2.45) is 5.10 Å². The number of nitrogens with zero attached hydrogens (tertiary/aromatic N) is 2. The molecular formula is C15H17ClN4O2S. The molecule has 0 radical (unpaired) electrons. The van der Waals surface area contributed by atoms with E-state index < -0.39 is 0 Å². The fraction of sp³-hybridized carbons (Fsp3) is 0.200. The molecule has 122 valence electrons. The second kappa shape index (κ2) is 8.40. The molecule has 0 amide bonds. The SMILES string of the molecule is C=CCOc1c(Cl)cc(C=NNc2nc(N)cs2)cc1OCC. The van der Waals surface area contributed by atoms with Crippen molar-refractivity contribution in [1.82, 2.24) is 4.98 Å². The van der Waals surface area contributed by atoms with Crippen LogP contribution in [0.4, 0.5) is 10.9 Å². The summed E-state index contributed by atoms with van der Waals surface area (Å²) in [5.74, 6) is 1.51. The highest BCUT2D eigenvalue weighted by Crippen LogP contribution is 2.36. The van der Waals surface area contributed by atoms with E-state index in [4.69, 9.17) is 26.8 Å². The van der Waals surface area contributed by atoms with E-state index in [1.54, 1.807) is 29.8 Å². The van der Waals surface area contributed by atoms with E-state index in [0.717, 1.165) is 5.56 Å². The summed E-state index contributed by atoms with van der Waals surface area (Å²) in [5, 5.41) is 6.89. The Labute approximate surface area is 143 Å². The quantitative estimate of drug-likeness (QED) is 0.429. The molecule has 0 bridgehead atoms. The summed E-state index contributed by atoms with van der Waals surface area (Å²) in [6, 6.07) is 3.54. The number of anilines is 2. The van der Waals surface area contributed by atoms with Gasteiger partial charge in [-0.25, -0.2) is 4.98 Å². The number of aromatic nitrogens is 1. The number of rotatable bonds is 8. The second-order valence-electron chi connectivity index (χ2n) is 4.31. The third kappa shape index (κ3) is 4.87. The number of ether oxygens (including phenoxy) is 2. The molecule has 0 unspecified atom stereocenters. The molecule has 2 rings (SSSR count). The van der Waals surface area contributed by atoms with E-state index in [1.165, 1.54) is 11.3 Å². The standard InChI is InChI=1S/C15H17ClN4O2S/c1-3-5-22-14-11(16)6-10(7-12(14)21-4-2)8-18-20-15-19-13(17)9-23-15/h3,6-9H,1,4-5,17H2,2H3,(H,19,20). The van der Waals surface area contributed by atoms with Gasteiger partial charge in [-0.15, -0.1) is 11.3 Å². The highest BCUT2D eigenvalue weighted by Gasteiger charge is 2.11. The van der Waals surface area contributed by atoms with Gasteiger partial charge >= 0.3 is 0 Å². The number of nitrogen functional groups attached to an aromatic ring is 1. The molecule has 0 aliphatic carbocycles. The van der Waals surface area contributed by atoms with Crippen molar-refractivity contribution in [1.29, 1.82) is 0 Å². The van der Waals surface area contributed by atoms with Crippen LogP contribution in [-0.2, 0) is 0 Å². The molecule has 0 saturated heterocycles. The fourth-order valence-corrected chi connectivity index (χ4v) is 2.53. The number of hydrogen-bond donors (Lipinski definition) is 2. The maximum Gasteiger partial charge on any atom is 0.205 e. The zero-order valence-corrected chi connectivity index (χ0v) is 14.2. The first kappa shape index (κ1) is 17.1. The first-order chi connectivity index (χ1) is 11.1. The van der Waals surface area contributed by atoms with Crippen LogP contribution in [0.3, 0.4) is 0 Å². The lowest BCUT2D eigenvalue weighted by Gasteiger charge is -2.13. The Morgan fingerprint density at radius 1 is 1.48 bits per heavy atom. The van der Waals surface area contributed by atoms with Gasteiger partial charge in [0.1, 0.15) is 12.4 Å². The maximum atomic E-state index is 6.26. The molecule has 1 aromatic heterocycles.